The van der Waals surface area contributed by atoms with Gasteiger partial charge in [-0.1, -0.05) is 35.1 Å². The zero-order chi connectivity index (χ0) is 17.1. The summed E-state index contributed by atoms with van der Waals surface area (Å²) in [5.74, 6) is 0.154. The lowest BCUT2D eigenvalue weighted by Crippen LogP contribution is -2.22. The van der Waals surface area contributed by atoms with Gasteiger partial charge in [0.05, 0.1) is 16.6 Å². The molecule has 0 aliphatic heterocycles. The Morgan fingerprint density at radius 1 is 1.33 bits per heavy atom. The fourth-order valence-electron chi connectivity index (χ4n) is 2.16. The average Bonchev–Trinajstić information content (AvgIpc) is 3.17. The van der Waals surface area contributed by atoms with Crippen molar-refractivity contribution in [2.75, 3.05) is 5.32 Å². The fraction of sp³-hybridized carbons (Fsp3) is 0.250. The van der Waals surface area contributed by atoms with Crippen LogP contribution in [0.3, 0.4) is 0 Å². The summed E-state index contributed by atoms with van der Waals surface area (Å²) < 4.78 is 6.88. The highest BCUT2D eigenvalue weighted by Crippen LogP contribution is 2.26. The quantitative estimate of drug-likeness (QED) is 0.717. The normalized spacial score (nSPS) is 12.1. The first-order valence-electron chi connectivity index (χ1n) is 7.41. The first kappa shape index (κ1) is 16.3. The molecule has 0 bridgehead atoms. The molecule has 3 aromatic rings. The maximum Gasteiger partial charge on any atom is 0.240 e. The highest BCUT2D eigenvalue weighted by molar-refractivity contribution is 8.00. The van der Waals surface area contributed by atoms with E-state index in [-0.39, 0.29) is 11.2 Å². The Labute approximate surface area is 143 Å². The van der Waals surface area contributed by atoms with Gasteiger partial charge in [-0.15, -0.1) is 10.2 Å². The van der Waals surface area contributed by atoms with Gasteiger partial charge in [0.2, 0.25) is 11.8 Å². The van der Waals surface area contributed by atoms with Gasteiger partial charge in [0.15, 0.2) is 5.16 Å². The highest BCUT2D eigenvalue weighted by Gasteiger charge is 2.20. The summed E-state index contributed by atoms with van der Waals surface area (Å²) in [6.45, 7) is 5.62. The van der Waals surface area contributed by atoms with Gasteiger partial charge in [-0.05, 0) is 32.4 Å². The van der Waals surface area contributed by atoms with E-state index in [0.717, 1.165) is 11.3 Å². The minimum Gasteiger partial charge on any atom is -0.338 e. The predicted octanol–water partition coefficient (Wildman–Crippen LogP) is 2.99. The number of aromatic nitrogens is 4. The number of carbonyl (C=O) groups excluding carboxylic acids is 1. The summed E-state index contributed by atoms with van der Waals surface area (Å²) in [7, 11) is 0. The molecule has 7 nitrogen and oxygen atoms in total. The molecule has 0 saturated carbocycles. The van der Waals surface area contributed by atoms with Gasteiger partial charge in [0.1, 0.15) is 6.33 Å². The molecule has 0 spiro atoms. The smallest absolute Gasteiger partial charge is 0.240 e. The SMILES string of the molecule is Cc1cc(NC(=O)C(C)Sc2nncn2-c2ccccc2C)on1. The maximum atomic E-state index is 12.3. The van der Waals surface area contributed by atoms with E-state index in [1.165, 1.54) is 11.8 Å². The van der Waals surface area contributed by atoms with Gasteiger partial charge in [-0.2, -0.15) is 0 Å². The molecular formula is C16H17N5O2S. The van der Waals surface area contributed by atoms with Crippen LogP contribution in [-0.4, -0.2) is 31.1 Å². The molecular weight excluding hydrogens is 326 g/mol. The van der Waals surface area contributed by atoms with E-state index in [9.17, 15) is 4.79 Å². The van der Waals surface area contributed by atoms with Gasteiger partial charge in [-0.25, -0.2) is 0 Å². The Morgan fingerprint density at radius 3 is 2.83 bits per heavy atom. The standard InChI is InChI=1S/C16H17N5O2S/c1-10-6-4-5-7-13(10)21-9-17-19-16(21)24-12(3)15(22)18-14-8-11(2)20-23-14/h4-9,12H,1-3H3,(H,18,22). The van der Waals surface area contributed by atoms with Crippen LogP contribution in [0.15, 0.2) is 46.3 Å². The van der Waals surface area contributed by atoms with Crippen LogP contribution in [0.25, 0.3) is 5.69 Å². The van der Waals surface area contributed by atoms with Crippen molar-refractivity contribution in [1.29, 1.82) is 0 Å². The molecule has 0 radical (unpaired) electrons. The Morgan fingerprint density at radius 2 is 2.12 bits per heavy atom. The Kier molecular flexibility index (Phi) is 4.66. The summed E-state index contributed by atoms with van der Waals surface area (Å²) in [6, 6.07) is 9.62. The summed E-state index contributed by atoms with van der Waals surface area (Å²) in [4.78, 5) is 12.3. The second-order valence-corrected chi connectivity index (χ2v) is 6.66. The molecule has 8 heteroatoms. The summed E-state index contributed by atoms with van der Waals surface area (Å²) in [5, 5.41) is 14.8. The Hall–Kier alpha value is -2.61. The lowest BCUT2D eigenvalue weighted by Gasteiger charge is -2.12. The van der Waals surface area contributed by atoms with Crippen molar-refractivity contribution in [3.8, 4) is 5.69 Å². The molecule has 0 aliphatic carbocycles. The van der Waals surface area contributed by atoms with Crippen LogP contribution in [0, 0.1) is 13.8 Å². The van der Waals surface area contributed by atoms with Crippen molar-refractivity contribution in [2.45, 2.75) is 31.2 Å². The topological polar surface area (TPSA) is 85.8 Å². The third-order valence-electron chi connectivity index (χ3n) is 3.42. The van der Waals surface area contributed by atoms with Crippen molar-refractivity contribution in [3.05, 3.63) is 47.9 Å². The van der Waals surface area contributed by atoms with Gasteiger partial charge >= 0.3 is 0 Å². The molecule has 0 saturated heterocycles. The number of nitrogens with one attached hydrogen (secondary N) is 1. The number of hydrogen-bond acceptors (Lipinski definition) is 6. The first-order valence-corrected chi connectivity index (χ1v) is 8.29. The van der Waals surface area contributed by atoms with Crippen molar-refractivity contribution < 1.29 is 9.32 Å². The molecule has 1 atom stereocenters. The van der Waals surface area contributed by atoms with E-state index in [1.54, 1.807) is 26.2 Å². The Bertz CT molecular complexity index is 858. The number of aryl methyl sites for hydroxylation is 2. The van der Waals surface area contributed by atoms with E-state index in [2.05, 4.69) is 20.7 Å². The number of amides is 1. The molecule has 124 valence electrons. The van der Waals surface area contributed by atoms with Crippen LogP contribution in [0.4, 0.5) is 5.88 Å². The minimum absolute atomic E-state index is 0.185. The second-order valence-electron chi connectivity index (χ2n) is 5.35. The number of benzene rings is 1. The molecule has 1 unspecified atom stereocenters. The van der Waals surface area contributed by atoms with Crippen LogP contribution in [0.5, 0.6) is 0 Å². The van der Waals surface area contributed by atoms with Crippen molar-refractivity contribution in [2.24, 2.45) is 0 Å². The molecule has 3 rings (SSSR count). The van der Waals surface area contributed by atoms with E-state index >= 15 is 0 Å². The lowest BCUT2D eigenvalue weighted by molar-refractivity contribution is -0.115. The number of hydrogen-bond donors (Lipinski definition) is 1. The first-order chi connectivity index (χ1) is 11.5. The molecule has 1 N–H and O–H groups in total. The van der Waals surface area contributed by atoms with E-state index in [4.69, 9.17) is 4.52 Å². The lowest BCUT2D eigenvalue weighted by atomic mass is 10.2. The van der Waals surface area contributed by atoms with E-state index in [0.29, 0.717) is 16.7 Å². The van der Waals surface area contributed by atoms with E-state index in [1.807, 2.05) is 35.8 Å². The summed E-state index contributed by atoms with van der Waals surface area (Å²) >= 11 is 1.33. The molecule has 24 heavy (non-hydrogen) atoms. The van der Waals surface area contributed by atoms with Gasteiger partial charge < -0.3 is 4.52 Å². The number of thioether (sulfide) groups is 1. The summed E-state index contributed by atoms with van der Waals surface area (Å²) in [6.07, 6.45) is 1.65. The zero-order valence-corrected chi connectivity index (χ0v) is 14.4. The second kappa shape index (κ2) is 6.88. The monoisotopic (exact) mass is 343 g/mol. The highest BCUT2D eigenvalue weighted by atomic mass is 32.2. The number of nitrogens with zero attached hydrogens (tertiary/aromatic N) is 4. The molecule has 0 aliphatic rings. The third kappa shape index (κ3) is 3.48. The maximum absolute atomic E-state index is 12.3. The van der Waals surface area contributed by atoms with Crippen LogP contribution < -0.4 is 5.32 Å². The number of anilines is 1. The number of para-hydroxylation sites is 1. The molecule has 1 aromatic carbocycles. The summed E-state index contributed by atoms with van der Waals surface area (Å²) in [5.41, 5.74) is 2.81. The molecule has 1 amide bonds. The number of carbonyl (C=O) groups is 1. The molecule has 2 heterocycles. The van der Waals surface area contributed by atoms with Crippen LogP contribution in [-0.2, 0) is 4.79 Å². The van der Waals surface area contributed by atoms with Gasteiger partial charge in [-0.3, -0.25) is 14.7 Å². The fourth-order valence-corrected chi connectivity index (χ4v) is 3.00. The largest absolute Gasteiger partial charge is 0.338 e. The van der Waals surface area contributed by atoms with Gasteiger partial charge in [0.25, 0.3) is 0 Å². The van der Waals surface area contributed by atoms with Crippen molar-refractivity contribution in [1.82, 2.24) is 19.9 Å². The third-order valence-corrected chi connectivity index (χ3v) is 4.47. The number of rotatable bonds is 5. The van der Waals surface area contributed by atoms with Crippen molar-refractivity contribution in [3.63, 3.8) is 0 Å². The van der Waals surface area contributed by atoms with Crippen molar-refractivity contribution >= 4 is 23.6 Å². The zero-order valence-electron chi connectivity index (χ0n) is 13.6. The molecule has 2 aromatic heterocycles. The van der Waals surface area contributed by atoms with Gasteiger partial charge in [0, 0.05) is 6.07 Å². The van der Waals surface area contributed by atoms with Crippen LogP contribution in [0.1, 0.15) is 18.2 Å². The molecule has 0 fully saturated rings. The Balaban J connectivity index is 1.73. The van der Waals surface area contributed by atoms with E-state index < -0.39 is 0 Å². The van der Waals surface area contributed by atoms with Crippen LogP contribution >= 0.6 is 11.8 Å². The average molecular weight is 343 g/mol. The predicted molar refractivity (Wildman–Crippen MR) is 91.3 cm³/mol. The minimum atomic E-state index is -0.373. The van der Waals surface area contributed by atoms with Crippen LogP contribution in [0.2, 0.25) is 0 Å².